The number of hydrogen-bond acceptors (Lipinski definition) is 2. The average molecular weight is 314 g/mol. The molecule has 0 aromatic heterocycles. The molecular formula is C15H17ClFNO3. The molecule has 2 N–H and O–H groups in total. The molecule has 1 aromatic carbocycles. The molecule has 0 aliphatic rings. The van der Waals surface area contributed by atoms with E-state index in [9.17, 15) is 14.0 Å². The summed E-state index contributed by atoms with van der Waals surface area (Å²) in [7, 11) is 0. The number of nitrogens with one attached hydrogen (secondary N) is 1. The van der Waals surface area contributed by atoms with Crippen LogP contribution >= 0.6 is 11.6 Å². The Morgan fingerprint density at radius 2 is 2.00 bits per heavy atom. The molecule has 0 aliphatic heterocycles. The first-order valence-corrected chi connectivity index (χ1v) is 6.66. The van der Waals surface area contributed by atoms with Crippen LogP contribution in [0.2, 0.25) is 5.02 Å². The van der Waals surface area contributed by atoms with Gasteiger partial charge in [-0.2, -0.15) is 0 Å². The second kappa shape index (κ2) is 6.72. The van der Waals surface area contributed by atoms with Gasteiger partial charge >= 0.3 is 5.97 Å². The molecule has 0 aliphatic carbocycles. The second-order valence-corrected chi connectivity index (χ2v) is 6.02. The molecule has 0 saturated heterocycles. The van der Waals surface area contributed by atoms with E-state index in [1.54, 1.807) is 20.8 Å². The quantitative estimate of drug-likeness (QED) is 0.839. The third-order valence-electron chi connectivity index (χ3n) is 2.80. The first-order valence-electron chi connectivity index (χ1n) is 6.28. The molecule has 0 spiro atoms. The highest BCUT2D eigenvalue weighted by Crippen LogP contribution is 2.21. The fourth-order valence-electron chi connectivity index (χ4n) is 1.67. The summed E-state index contributed by atoms with van der Waals surface area (Å²) >= 11 is 5.82. The van der Waals surface area contributed by atoms with E-state index in [0.29, 0.717) is 0 Å². The molecule has 21 heavy (non-hydrogen) atoms. The van der Waals surface area contributed by atoms with Gasteiger partial charge in [0.25, 0.3) is 0 Å². The van der Waals surface area contributed by atoms with Crippen molar-refractivity contribution in [2.75, 3.05) is 0 Å². The Kier molecular flexibility index (Phi) is 5.49. The molecule has 4 nitrogen and oxygen atoms in total. The van der Waals surface area contributed by atoms with Crippen molar-refractivity contribution in [3.8, 4) is 0 Å². The lowest BCUT2D eigenvalue weighted by molar-refractivity contribution is -0.144. The molecule has 0 heterocycles. The predicted molar refractivity (Wildman–Crippen MR) is 79.5 cm³/mol. The standard InChI is InChI=1S/C15H17ClFNO3/c1-15(2,3)13(14(20)21)18-12(19)8-7-9-10(16)5-4-6-11(9)17/h4-8,13H,1-3H3,(H,18,19)(H,20,21)/b8-7+/t13-/m0/s1. The van der Waals surface area contributed by atoms with Crippen LogP contribution in [0.4, 0.5) is 4.39 Å². The molecule has 114 valence electrons. The van der Waals surface area contributed by atoms with Gasteiger partial charge in [-0.15, -0.1) is 0 Å². The summed E-state index contributed by atoms with van der Waals surface area (Å²) in [6.45, 7) is 5.09. The fourth-order valence-corrected chi connectivity index (χ4v) is 1.89. The van der Waals surface area contributed by atoms with E-state index in [2.05, 4.69) is 5.32 Å². The first-order chi connectivity index (χ1) is 9.62. The monoisotopic (exact) mass is 313 g/mol. The van der Waals surface area contributed by atoms with Crippen LogP contribution in [0, 0.1) is 11.2 Å². The summed E-state index contributed by atoms with van der Waals surface area (Å²) in [4.78, 5) is 22.9. The van der Waals surface area contributed by atoms with E-state index < -0.39 is 29.2 Å². The van der Waals surface area contributed by atoms with Crippen molar-refractivity contribution in [1.82, 2.24) is 5.32 Å². The van der Waals surface area contributed by atoms with E-state index in [1.807, 2.05) is 0 Å². The second-order valence-electron chi connectivity index (χ2n) is 5.61. The number of amides is 1. The van der Waals surface area contributed by atoms with Crippen molar-refractivity contribution in [3.05, 3.63) is 40.7 Å². The summed E-state index contributed by atoms with van der Waals surface area (Å²) in [5.41, 5.74) is -0.567. The Morgan fingerprint density at radius 3 is 2.48 bits per heavy atom. The number of halogens is 2. The van der Waals surface area contributed by atoms with Crippen LogP contribution in [0.1, 0.15) is 26.3 Å². The molecule has 0 bridgehead atoms. The molecular weight excluding hydrogens is 297 g/mol. The van der Waals surface area contributed by atoms with E-state index >= 15 is 0 Å². The maximum absolute atomic E-state index is 13.5. The summed E-state index contributed by atoms with van der Waals surface area (Å²) in [6, 6.07) is 3.12. The van der Waals surface area contributed by atoms with Crippen molar-refractivity contribution in [2.45, 2.75) is 26.8 Å². The van der Waals surface area contributed by atoms with Crippen LogP contribution in [-0.4, -0.2) is 23.0 Å². The zero-order chi connectivity index (χ0) is 16.2. The molecule has 0 fully saturated rings. The maximum atomic E-state index is 13.5. The van der Waals surface area contributed by atoms with Gasteiger partial charge in [0.05, 0.1) is 5.02 Å². The number of aliphatic carboxylic acids is 1. The number of carboxylic acids is 1. The summed E-state index contributed by atoms with van der Waals surface area (Å²) in [5.74, 6) is -2.32. The van der Waals surface area contributed by atoms with Gasteiger partial charge in [-0.05, 0) is 23.6 Å². The molecule has 0 saturated carbocycles. The number of benzene rings is 1. The van der Waals surface area contributed by atoms with Crippen LogP contribution in [0.15, 0.2) is 24.3 Å². The van der Waals surface area contributed by atoms with Gasteiger partial charge in [0, 0.05) is 11.6 Å². The predicted octanol–water partition coefficient (Wildman–Crippen LogP) is 3.11. The molecule has 6 heteroatoms. The molecule has 0 unspecified atom stereocenters. The highest BCUT2D eigenvalue weighted by Gasteiger charge is 2.32. The van der Waals surface area contributed by atoms with Crippen LogP contribution in [-0.2, 0) is 9.59 Å². The van der Waals surface area contributed by atoms with E-state index in [0.717, 1.165) is 6.08 Å². The van der Waals surface area contributed by atoms with Crippen molar-refractivity contribution >= 4 is 29.6 Å². The minimum absolute atomic E-state index is 0.0805. The van der Waals surface area contributed by atoms with Gasteiger partial charge in [-0.25, -0.2) is 9.18 Å². The van der Waals surface area contributed by atoms with Crippen molar-refractivity contribution in [2.24, 2.45) is 5.41 Å². The number of hydrogen-bond donors (Lipinski definition) is 2. The fraction of sp³-hybridized carbons (Fsp3) is 0.333. The largest absolute Gasteiger partial charge is 0.480 e. The minimum atomic E-state index is -1.13. The SMILES string of the molecule is CC(C)(C)[C@@H](NC(=O)/C=C/c1c(F)cccc1Cl)C(=O)O. The van der Waals surface area contributed by atoms with Crippen molar-refractivity contribution < 1.29 is 19.1 Å². The Hall–Kier alpha value is -1.88. The molecule has 1 rings (SSSR count). The number of carbonyl (C=O) groups is 2. The van der Waals surface area contributed by atoms with E-state index in [1.165, 1.54) is 24.3 Å². The Labute approximate surface area is 127 Å². The van der Waals surface area contributed by atoms with Crippen molar-refractivity contribution in [1.29, 1.82) is 0 Å². The molecule has 1 amide bonds. The molecule has 1 atom stereocenters. The highest BCUT2D eigenvalue weighted by molar-refractivity contribution is 6.32. The lowest BCUT2D eigenvalue weighted by atomic mass is 9.87. The summed E-state index contributed by atoms with van der Waals surface area (Å²) in [5, 5.41) is 11.7. The Morgan fingerprint density at radius 1 is 1.38 bits per heavy atom. The summed E-state index contributed by atoms with van der Waals surface area (Å²) in [6.07, 6.45) is 2.28. The Bertz CT molecular complexity index is 559. The van der Waals surface area contributed by atoms with Gasteiger partial charge in [0.2, 0.25) is 5.91 Å². The zero-order valence-corrected chi connectivity index (χ0v) is 12.7. The van der Waals surface area contributed by atoms with Gasteiger partial charge in [-0.3, -0.25) is 4.79 Å². The molecule has 1 aromatic rings. The lowest BCUT2D eigenvalue weighted by Crippen LogP contribution is -2.48. The highest BCUT2D eigenvalue weighted by atomic mass is 35.5. The molecule has 0 radical (unpaired) electrons. The van der Waals surface area contributed by atoms with Gasteiger partial charge in [0.1, 0.15) is 11.9 Å². The minimum Gasteiger partial charge on any atom is -0.480 e. The van der Waals surface area contributed by atoms with Crippen LogP contribution in [0.5, 0.6) is 0 Å². The Balaban J connectivity index is 2.86. The summed E-state index contributed by atoms with van der Waals surface area (Å²) < 4.78 is 13.5. The maximum Gasteiger partial charge on any atom is 0.326 e. The van der Waals surface area contributed by atoms with Crippen LogP contribution in [0.25, 0.3) is 6.08 Å². The first kappa shape index (κ1) is 17.2. The smallest absolute Gasteiger partial charge is 0.326 e. The van der Waals surface area contributed by atoms with Gasteiger partial charge in [-0.1, -0.05) is 38.4 Å². The normalized spacial score (nSPS) is 13.2. The lowest BCUT2D eigenvalue weighted by Gasteiger charge is -2.27. The van der Waals surface area contributed by atoms with Gasteiger partial charge in [0.15, 0.2) is 0 Å². The van der Waals surface area contributed by atoms with Crippen LogP contribution < -0.4 is 5.32 Å². The van der Waals surface area contributed by atoms with Gasteiger partial charge < -0.3 is 10.4 Å². The third kappa shape index (κ3) is 4.86. The number of rotatable bonds is 4. The van der Waals surface area contributed by atoms with E-state index in [-0.39, 0.29) is 10.6 Å². The number of carbonyl (C=O) groups excluding carboxylic acids is 1. The number of carboxylic acid groups (broad SMARTS) is 1. The zero-order valence-electron chi connectivity index (χ0n) is 12.0. The van der Waals surface area contributed by atoms with Crippen molar-refractivity contribution in [3.63, 3.8) is 0 Å². The van der Waals surface area contributed by atoms with E-state index in [4.69, 9.17) is 16.7 Å². The third-order valence-corrected chi connectivity index (χ3v) is 3.13. The van der Waals surface area contributed by atoms with Crippen LogP contribution in [0.3, 0.4) is 0 Å². The topological polar surface area (TPSA) is 66.4 Å². The average Bonchev–Trinajstić information content (AvgIpc) is 2.33.